The number of hydrogen-bond donors (Lipinski definition) is 2. The van der Waals surface area contributed by atoms with Gasteiger partial charge in [-0.25, -0.2) is 4.39 Å². The lowest BCUT2D eigenvalue weighted by atomic mass is 9.91. The maximum absolute atomic E-state index is 13.7. The minimum atomic E-state index is -0.902. The molecule has 0 bridgehead atoms. The van der Waals surface area contributed by atoms with Crippen LogP contribution in [0.25, 0.3) is 0 Å². The van der Waals surface area contributed by atoms with E-state index in [9.17, 15) is 9.18 Å². The molecule has 0 aromatic heterocycles. The molecule has 1 heterocycles. The Labute approximate surface area is 117 Å². The summed E-state index contributed by atoms with van der Waals surface area (Å²) < 4.78 is 24.2. The van der Waals surface area contributed by atoms with Crippen molar-refractivity contribution in [2.45, 2.75) is 18.4 Å². The van der Waals surface area contributed by atoms with E-state index in [1.165, 1.54) is 32.4 Å². The van der Waals surface area contributed by atoms with Crippen molar-refractivity contribution in [1.29, 1.82) is 0 Å². The first-order valence-corrected chi connectivity index (χ1v) is 6.52. The van der Waals surface area contributed by atoms with Gasteiger partial charge < -0.3 is 20.1 Å². The number of methoxy groups -OCH3 is 2. The molecular weight excluding hydrogens is 263 g/mol. The van der Waals surface area contributed by atoms with E-state index in [0.29, 0.717) is 31.7 Å². The summed E-state index contributed by atoms with van der Waals surface area (Å²) in [6.07, 6.45) is 1.11. The van der Waals surface area contributed by atoms with E-state index >= 15 is 0 Å². The van der Waals surface area contributed by atoms with Crippen LogP contribution in [0, 0.1) is 5.82 Å². The fraction of sp³-hybridized carbons (Fsp3) is 0.500. The summed E-state index contributed by atoms with van der Waals surface area (Å²) in [4.78, 5) is 12.4. The Morgan fingerprint density at radius 2 is 2.05 bits per heavy atom. The van der Waals surface area contributed by atoms with Crippen molar-refractivity contribution in [3.05, 3.63) is 24.0 Å². The second kappa shape index (κ2) is 6.19. The van der Waals surface area contributed by atoms with Crippen LogP contribution in [0.2, 0.25) is 0 Å². The van der Waals surface area contributed by atoms with E-state index in [-0.39, 0.29) is 11.6 Å². The Hall–Kier alpha value is -1.66. The molecule has 0 atom stereocenters. The molecule has 1 aromatic carbocycles. The molecule has 0 saturated carbocycles. The molecule has 20 heavy (non-hydrogen) atoms. The van der Waals surface area contributed by atoms with Gasteiger partial charge in [0.1, 0.15) is 17.2 Å². The predicted octanol–water partition coefficient (Wildman–Crippen LogP) is 1.54. The molecule has 1 saturated heterocycles. The van der Waals surface area contributed by atoms with Crippen LogP contribution in [0.5, 0.6) is 5.75 Å². The zero-order chi connectivity index (χ0) is 14.6. The van der Waals surface area contributed by atoms with Crippen LogP contribution in [0.1, 0.15) is 12.8 Å². The molecule has 2 rings (SSSR count). The van der Waals surface area contributed by atoms with E-state index in [2.05, 4.69) is 10.6 Å². The lowest BCUT2D eigenvalue weighted by Gasteiger charge is -2.34. The second-order valence-corrected chi connectivity index (χ2v) is 4.75. The summed E-state index contributed by atoms with van der Waals surface area (Å²) in [5.41, 5.74) is -0.801. The molecule has 2 N–H and O–H groups in total. The summed E-state index contributed by atoms with van der Waals surface area (Å²) in [5, 5.41) is 5.77. The lowest BCUT2D eigenvalue weighted by molar-refractivity contribution is -0.140. The molecule has 1 aliphatic heterocycles. The molecule has 0 aliphatic carbocycles. The van der Waals surface area contributed by atoms with Gasteiger partial charge in [-0.05, 0) is 38.1 Å². The summed E-state index contributed by atoms with van der Waals surface area (Å²) in [5.74, 6) is -0.341. The van der Waals surface area contributed by atoms with Gasteiger partial charge in [0.15, 0.2) is 0 Å². The van der Waals surface area contributed by atoms with Gasteiger partial charge in [-0.3, -0.25) is 4.79 Å². The van der Waals surface area contributed by atoms with Crippen molar-refractivity contribution in [1.82, 2.24) is 5.32 Å². The van der Waals surface area contributed by atoms with E-state index < -0.39 is 11.4 Å². The Morgan fingerprint density at radius 3 is 2.65 bits per heavy atom. The van der Waals surface area contributed by atoms with Gasteiger partial charge in [-0.15, -0.1) is 0 Å². The molecule has 0 radical (unpaired) electrons. The predicted molar refractivity (Wildman–Crippen MR) is 73.4 cm³/mol. The second-order valence-electron chi connectivity index (χ2n) is 4.75. The van der Waals surface area contributed by atoms with Crippen molar-refractivity contribution in [3.8, 4) is 5.75 Å². The summed E-state index contributed by atoms with van der Waals surface area (Å²) in [7, 11) is 3.00. The third kappa shape index (κ3) is 2.91. The number of amides is 1. The number of rotatable bonds is 4. The van der Waals surface area contributed by atoms with Gasteiger partial charge in [0.05, 0.1) is 12.8 Å². The van der Waals surface area contributed by atoms with Gasteiger partial charge in [0.2, 0.25) is 0 Å². The molecule has 110 valence electrons. The lowest BCUT2D eigenvalue weighted by Crippen LogP contribution is -2.51. The molecule has 6 heteroatoms. The maximum atomic E-state index is 13.7. The molecule has 1 amide bonds. The van der Waals surface area contributed by atoms with Gasteiger partial charge in [-0.1, -0.05) is 0 Å². The number of halogens is 1. The third-order valence-electron chi connectivity index (χ3n) is 3.64. The fourth-order valence-electron chi connectivity index (χ4n) is 2.32. The van der Waals surface area contributed by atoms with E-state index in [1.54, 1.807) is 0 Å². The Bertz CT molecular complexity index is 487. The van der Waals surface area contributed by atoms with Crippen molar-refractivity contribution in [3.63, 3.8) is 0 Å². The highest BCUT2D eigenvalue weighted by Crippen LogP contribution is 2.27. The molecule has 1 aliphatic rings. The molecule has 1 aromatic rings. The normalized spacial score (nSPS) is 17.6. The van der Waals surface area contributed by atoms with Crippen LogP contribution >= 0.6 is 0 Å². The zero-order valence-corrected chi connectivity index (χ0v) is 11.7. The van der Waals surface area contributed by atoms with Gasteiger partial charge in [-0.2, -0.15) is 0 Å². The highest BCUT2D eigenvalue weighted by Gasteiger charge is 2.39. The van der Waals surface area contributed by atoms with Gasteiger partial charge in [0.25, 0.3) is 5.91 Å². The first kappa shape index (κ1) is 14.7. The number of nitrogens with one attached hydrogen (secondary N) is 2. The number of hydrogen-bond acceptors (Lipinski definition) is 4. The zero-order valence-electron chi connectivity index (χ0n) is 11.7. The number of piperidine rings is 1. The van der Waals surface area contributed by atoms with E-state index in [1.807, 2.05) is 0 Å². The van der Waals surface area contributed by atoms with Crippen molar-refractivity contribution in [2.75, 3.05) is 32.6 Å². The van der Waals surface area contributed by atoms with Crippen LogP contribution in [0.3, 0.4) is 0 Å². The maximum Gasteiger partial charge on any atom is 0.256 e. The van der Waals surface area contributed by atoms with Crippen LogP contribution < -0.4 is 15.4 Å². The number of ether oxygens (including phenoxy) is 2. The minimum absolute atomic E-state index is 0.101. The molecular formula is C14H19FN2O3. The molecule has 1 fully saturated rings. The summed E-state index contributed by atoms with van der Waals surface area (Å²) >= 11 is 0. The Morgan fingerprint density at radius 1 is 1.35 bits per heavy atom. The Kier molecular flexibility index (Phi) is 4.57. The quantitative estimate of drug-likeness (QED) is 0.879. The van der Waals surface area contributed by atoms with Crippen LogP contribution in [0.15, 0.2) is 18.2 Å². The average Bonchev–Trinajstić information content (AvgIpc) is 2.50. The fourth-order valence-corrected chi connectivity index (χ4v) is 2.32. The monoisotopic (exact) mass is 282 g/mol. The standard InChI is InChI=1S/C14H19FN2O3/c1-19-10-3-4-11(15)12(9-10)17-13(18)14(20-2)5-7-16-8-6-14/h3-4,9,16H,5-8H2,1-2H3,(H,17,18). The number of anilines is 1. The minimum Gasteiger partial charge on any atom is -0.497 e. The van der Waals surface area contributed by atoms with Crippen molar-refractivity contribution in [2.24, 2.45) is 0 Å². The molecule has 5 nitrogen and oxygen atoms in total. The van der Waals surface area contributed by atoms with Crippen molar-refractivity contribution < 1.29 is 18.7 Å². The first-order valence-electron chi connectivity index (χ1n) is 6.52. The van der Waals surface area contributed by atoms with Gasteiger partial charge >= 0.3 is 0 Å². The number of carbonyl (C=O) groups is 1. The number of benzene rings is 1. The molecule has 0 unspecified atom stereocenters. The molecule has 0 spiro atoms. The third-order valence-corrected chi connectivity index (χ3v) is 3.64. The van der Waals surface area contributed by atoms with Gasteiger partial charge in [0, 0.05) is 13.2 Å². The average molecular weight is 282 g/mol. The topological polar surface area (TPSA) is 59.6 Å². The van der Waals surface area contributed by atoms with E-state index in [4.69, 9.17) is 9.47 Å². The SMILES string of the molecule is COc1ccc(F)c(NC(=O)C2(OC)CCNCC2)c1. The van der Waals surface area contributed by atoms with Crippen LogP contribution in [0.4, 0.5) is 10.1 Å². The number of carbonyl (C=O) groups excluding carboxylic acids is 1. The Balaban J connectivity index is 2.18. The van der Waals surface area contributed by atoms with Crippen LogP contribution in [-0.2, 0) is 9.53 Å². The summed E-state index contributed by atoms with van der Waals surface area (Å²) in [6.45, 7) is 1.39. The first-order chi connectivity index (χ1) is 9.61. The highest BCUT2D eigenvalue weighted by atomic mass is 19.1. The highest BCUT2D eigenvalue weighted by molar-refractivity contribution is 5.97. The van der Waals surface area contributed by atoms with Crippen molar-refractivity contribution >= 4 is 11.6 Å². The van der Waals surface area contributed by atoms with E-state index in [0.717, 1.165) is 0 Å². The summed E-state index contributed by atoms with van der Waals surface area (Å²) in [6, 6.07) is 4.22. The smallest absolute Gasteiger partial charge is 0.256 e. The van der Waals surface area contributed by atoms with Crippen LogP contribution in [-0.4, -0.2) is 38.8 Å². The largest absolute Gasteiger partial charge is 0.497 e.